The molecule has 2 nitrogen and oxygen atoms in total. The van der Waals surface area contributed by atoms with Gasteiger partial charge in [-0.1, -0.05) is 59.1 Å². The third kappa shape index (κ3) is 3.06. The van der Waals surface area contributed by atoms with Crippen molar-refractivity contribution in [2.75, 3.05) is 0 Å². The standard InChI is InChI=1S/C19H13Cl3N2S/c20-14-5-1-12(2-6-14)19(13-3-7-15(21)8-4-13)11-17(23-24-19)18-16(22)9-10-25-18/h1-10,24H,11H2. The SMILES string of the molecule is Clc1ccc(C2(c3ccc(Cl)cc3)CC(c3sccc3Cl)=NN2)cc1. The molecule has 3 aromatic rings. The zero-order valence-electron chi connectivity index (χ0n) is 13.0. The fourth-order valence-electron chi connectivity index (χ4n) is 3.09. The molecule has 126 valence electrons. The van der Waals surface area contributed by atoms with Gasteiger partial charge in [0.25, 0.3) is 0 Å². The molecule has 2 aromatic carbocycles. The van der Waals surface area contributed by atoms with Crippen molar-refractivity contribution < 1.29 is 0 Å². The van der Waals surface area contributed by atoms with Gasteiger partial charge in [-0.2, -0.15) is 5.10 Å². The number of halogens is 3. The van der Waals surface area contributed by atoms with E-state index in [1.54, 1.807) is 11.3 Å². The summed E-state index contributed by atoms with van der Waals surface area (Å²) in [6, 6.07) is 17.6. The minimum Gasteiger partial charge on any atom is -0.294 e. The first-order valence-corrected chi connectivity index (χ1v) is 9.69. The molecule has 1 N–H and O–H groups in total. The van der Waals surface area contributed by atoms with Gasteiger partial charge in [0.1, 0.15) is 5.54 Å². The lowest BCUT2D eigenvalue weighted by atomic mass is 9.80. The van der Waals surface area contributed by atoms with E-state index in [-0.39, 0.29) is 0 Å². The summed E-state index contributed by atoms with van der Waals surface area (Å²) in [7, 11) is 0. The lowest BCUT2D eigenvalue weighted by Crippen LogP contribution is -2.37. The van der Waals surface area contributed by atoms with Crippen LogP contribution >= 0.6 is 46.1 Å². The predicted octanol–water partition coefficient (Wildman–Crippen LogP) is 6.35. The van der Waals surface area contributed by atoms with Gasteiger partial charge in [0, 0.05) is 16.5 Å². The molecule has 2 heterocycles. The molecule has 4 rings (SSSR count). The zero-order chi connectivity index (χ0) is 17.4. The Bertz CT molecular complexity index is 885. The molecule has 0 aliphatic carbocycles. The molecule has 0 radical (unpaired) electrons. The van der Waals surface area contributed by atoms with E-state index < -0.39 is 5.54 Å². The average Bonchev–Trinajstić information content (AvgIpc) is 3.23. The summed E-state index contributed by atoms with van der Waals surface area (Å²) in [6.45, 7) is 0. The number of hydrazone groups is 1. The smallest absolute Gasteiger partial charge is 0.110 e. The van der Waals surface area contributed by atoms with Crippen LogP contribution in [0, 0.1) is 0 Å². The minimum atomic E-state index is -0.474. The first-order valence-electron chi connectivity index (χ1n) is 7.68. The van der Waals surface area contributed by atoms with Crippen molar-refractivity contribution in [1.82, 2.24) is 5.43 Å². The van der Waals surface area contributed by atoms with Crippen LogP contribution < -0.4 is 5.43 Å². The molecular weight excluding hydrogens is 395 g/mol. The van der Waals surface area contributed by atoms with Gasteiger partial charge >= 0.3 is 0 Å². The Morgan fingerprint density at radius 3 is 1.88 bits per heavy atom. The average molecular weight is 408 g/mol. The van der Waals surface area contributed by atoms with Crippen molar-refractivity contribution in [3.05, 3.63) is 91.0 Å². The number of hydrogen-bond acceptors (Lipinski definition) is 3. The highest BCUT2D eigenvalue weighted by molar-refractivity contribution is 7.12. The van der Waals surface area contributed by atoms with Gasteiger partial charge in [-0.05, 0) is 46.8 Å². The summed E-state index contributed by atoms with van der Waals surface area (Å²) >= 11 is 20.1. The van der Waals surface area contributed by atoms with Crippen molar-refractivity contribution in [3.63, 3.8) is 0 Å². The Morgan fingerprint density at radius 1 is 0.840 bits per heavy atom. The summed E-state index contributed by atoms with van der Waals surface area (Å²) in [4.78, 5) is 0.999. The second-order valence-corrected chi connectivity index (χ2v) is 8.06. The van der Waals surface area contributed by atoms with Crippen LogP contribution in [0.25, 0.3) is 0 Å². The molecule has 1 aliphatic rings. The van der Waals surface area contributed by atoms with Crippen LogP contribution in [0.4, 0.5) is 0 Å². The molecule has 0 fully saturated rings. The number of benzene rings is 2. The molecular formula is C19H13Cl3N2S. The van der Waals surface area contributed by atoms with E-state index in [1.807, 2.05) is 60.0 Å². The number of nitrogens with zero attached hydrogens (tertiary/aromatic N) is 1. The number of rotatable bonds is 3. The van der Waals surface area contributed by atoms with E-state index in [1.165, 1.54) is 0 Å². The van der Waals surface area contributed by atoms with E-state index in [0.717, 1.165) is 26.7 Å². The van der Waals surface area contributed by atoms with Gasteiger partial charge in [-0.15, -0.1) is 11.3 Å². The third-order valence-corrected chi connectivity index (χ3v) is 6.26. The minimum absolute atomic E-state index is 0.474. The van der Waals surface area contributed by atoms with E-state index in [4.69, 9.17) is 34.8 Å². The molecule has 25 heavy (non-hydrogen) atoms. The molecule has 0 unspecified atom stereocenters. The third-order valence-electron chi connectivity index (χ3n) is 4.37. The van der Waals surface area contributed by atoms with Crippen LogP contribution in [-0.2, 0) is 5.54 Å². The number of hydrogen-bond donors (Lipinski definition) is 1. The Hall–Kier alpha value is -1.52. The summed E-state index contributed by atoms with van der Waals surface area (Å²) in [5.41, 5.74) is 6.01. The highest BCUT2D eigenvalue weighted by Gasteiger charge is 2.40. The molecule has 6 heteroatoms. The Labute approximate surface area is 165 Å². The first-order chi connectivity index (χ1) is 12.1. The quantitative estimate of drug-likeness (QED) is 0.537. The van der Waals surface area contributed by atoms with E-state index in [0.29, 0.717) is 16.5 Å². The van der Waals surface area contributed by atoms with E-state index in [2.05, 4.69) is 10.5 Å². The van der Waals surface area contributed by atoms with Crippen LogP contribution in [0.15, 0.2) is 65.1 Å². The maximum absolute atomic E-state index is 6.31. The second-order valence-electron chi connectivity index (χ2n) is 5.86. The Morgan fingerprint density at radius 2 is 1.40 bits per heavy atom. The second kappa shape index (κ2) is 6.65. The topological polar surface area (TPSA) is 24.4 Å². The van der Waals surface area contributed by atoms with Gasteiger partial charge in [-0.25, -0.2) is 0 Å². The summed E-state index contributed by atoms with van der Waals surface area (Å²) < 4.78 is 0. The molecule has 0 bridgehead atoms. The van der Waals surface area contributed by atoms with Gasteiger partial charge in [0.05, 0.1) is 15.6 Å². The van der Waals surface area contributed by atoms with Crippen molar-refractivity contribution in [1.29, 1.82) is 0 Å². The normalized spacial score (nSPS) is 15.7. The Balaban J connectivity index is 1.80. The Kier molecular flexibility index (Phi) is 4.50. The predicted molar refractivity (Wildman–Crippen MR) is 107 cm³/mol. The molecule has 1 aromatic heterocycles. The lowest BCUT2D eigenvalue weighted by molar-refractivity contribution is 0.460. The van der Waals surface area contributed by atoms with Gasteiger partial charge in [0.15, 0.2) is 0 Å². The highest BCUT2D eigenvalue weighted by atomic mass is 35.5. The van der Waals surface area contributed by atoms with Crippen molar-refractivity contribution in [2.24, 2.45) is 5.10 Å². The van der Waals surface area contributed by atoms with Crippen LogP contribution in [0.1, 0.15) is 22.4 Å². The van der Waals surface area contributed by atoms with Crippen molar-refractivity contribution in [2.45, 2.75) is 12.0 Å². The molecule has 0 spiro atoms. The molecule has 0 amide bonds. The molecule has 0 atom stereocenters. The zero-order valence-corrected chi connectivity index (χ0v) is 16.1. The van der Waals surface area contributed by atoms with Crippen molar-refractivity contribution in [3.8, 4) is 0 Å². The van der Waals surface area contributed by atoms with E-state index in [9.17, 15) is 0 Å². The molecule has 1 aliphatic heterocycles. The van der Waals surface area contributed by atoms with Crippen LogP contribution in [0.3, 0.4) is 0 Å². The fourth-order valence-corrected chi connectivity index (χ4v) is 4.50. The lowest BCUT2D eigenvalue weighted by Gasteiger charge is -2.30. The van der Waals surface area contributed by atoms with Crippen LogP contribution in [0.5, 0.6) is 0 Å². The maximum atomic E-state index is 6.31. The largest absolute Gasteiger partial charge is 0.294 e. The van der Waals surface area contributed by atoms with Crippen molar-refractivity contribution >= 4 is 51.9 Å². The summed E-state index contributed by atoms with van der Waals surface area (Å²) in [5, 5.41) is 8.73. The first kappa shape index (κ1) is 16.9. The molecule has 0 saturated heterocycles. The number of nitrogens with one attached hydrogen (secondary N) is 1. The van der Waals surface area contributed by atoms with Gasteiger partial charge in [-0.3, -0.25) is 5.43 Å². The monoisotopic (exact) mass is 406 g/mol. The summed E-state index contributed by atoms with van der Waals surface area (Å²) in [6.07, 6.45) is 0.691. The van der Waals surface area contributed by atoms with Gasteiger partial charge in [0.2, 0.25) is 0 Å². The summed E-state index contributed by atoms with van der Waals surface area (Å²) in [5.74, 6) is 0. The molecule has 0 saturated carbocycles. The fraction of sp³-hybridized carbons (Fsp3) is 0.105. The van der Waals surface area contributed by atoms with Gasteiger partial charge < -0.3 is 0 Å². The number of thiophene rings is 1. The van der Waals surface area contributed by atoms with Crippen LogP contribution in [-0.4, -0.2) is 5.71 Å². The van der Waals surface area contributed by atoms with E-state index >= 15 is 0 Å². The highest BCUT2D eigenvalue weighted by Crippen LogP contribution is 2.40. The maximum Gasteiger partial charge on any atom is 0.110 e. The van der Waals surface area contributed by atoms with Crippen LogP contribution in [0.2, 0.25) is 15.1 Å².